The van der Waals surface area contributed by atoms with Gasteiger partial charge in [0.05, 0.1) is 19.1 Å². The number of nitrogens with two attached hydrogens (primary N) is 1. The summed E-state index contributed by atoms with van der Waals surface area (Å²) in [5.74, 6) is -1.75. The van der Waals surface area contributed by atoms with Gasteiger partial charge in [0.25, 0.3) is 0 Å². The van der Waals surface area contributed by atoms with Crippen molar-refractivity contribution in [1.29, 1.82) is 0 Å². The molecule has 1 fully saturated rings. The van der Waals surface area contributed by atoms with E-state index in [1.807, 2.05) is 29.2 Å². The van der Waals surface area contributed by atoms with Crippen LogP contribution >= 0.6 is 0 Å². The predicted molar refractivity (Wildman–Crippen MR) is 76.7 cm³/mol. The highest BCUT2D eigenvalue weighted by Crippen LogP contribution is 2.18. The van der Waals surface area contributed by atoms with Gasteiger partial charge in [0.2, 0.25) is 5.91 Å². The van der Waals surface area contributed by atoms with Gasteiger partial charge in [0.1, 0.15) is 6.04 Å². The van der Waals surface area contributed by atoms with Crippen molar-refractivity contribution in [3.63, 3.8) is 0 Å². The molecule has 2 rings (SSSR count). The van der Waals surface area contributed by atoms with Crippen molar-refractivity contribution in [3.05, 3.63) is 35.4 Å². The highest BCUT2D eigenvalue weighted by atomic mass is 16.5. The van der Waals surface area contributed by atoms with Crippen molar-refractivity contribution in [1.82, 2.24) is 4.90 Å². The Bertz CT molecular complexity index is 515. The Morgan fingerprint density at radius 1 is 1.43 bits per heavy atom. The molecule has 1 aliphatic rings. The zero-order valence-electron chi connectivity index (χ0n) is 12.0. The molecule has 0 saturated carbocycles. The number of rotatable bonds is 5. The average Bonchev–Trinajstić information content (AvgIpc) is 2.47. The first-order valence-electron chi connectivity index (χ1n) is 6.92. The van der Waals surface area contributed by atoms with Crippen LogP contribution in [0, 0.1) is 0 Å². The molecule has 3 N–H and O–H groups in total. The van der Waals surface area contributed by atoms with Crippen LogP contribution in [0.4, 0.5) is 0 Å². The lowest BCUT2D eigenvalue weighted by Crippen LogP contribution is -2.51. The Hall–Kier alpha value is -1.92. The molecule has 6 heteroatoms. The Morgan fingerprint density at radius 2 is 2.10 bits per heavy atom. The van der Waals surface area contributed by atoms with E-state index in [1.165, 1.54) is 0 Å². The number of primary amides is 1. The number of carboxylic acid groups (broad SMARTS) is 1. The van der Waals surface area contributed by atoms with Crippen molar-refractivity contribution < 1.29 is 19.4 Å². The van der Waals surface area contributed by atoms with E-state index in [9.17, 15) is 9.59 Å². The van der Waals surface area contributed by atoms with Crippen LogP contribution < -0.4 is 5.73 Å². The Balaban J connectivity index is 2.05. The lowest BCUT2D eigenvalue weighted by molar-refractivity contribution is -0.138. The van der Waals surface area contributed by atoms with Crippen molar-refractivity contribution in [2.45, 2.75) is 25.4 Å². The van der Waals surface area contributed by atoms with Crippen LogP contribution in [0.15, 0.2) is 24.3 Å². The number of carbonyl (C=O) groups excluding carboxylic acids is 1. The van der Waals surface area contributed by atoms with Gasteiger partial charge >= 0.3 is 5.97 Å². The predicted octanol–water partition coefficient (Wildman–Crippen LogP) is 0.561. The van der Waals surface area contributed by atoms with Crippen LogP contribution in [-0.4, -0.2) is 47.7 Å². The molecule has 2 unspecified atom stereocenters. The Kier molecular flexibility index (Phi) is 4.93. The molecule has 1 amide bonds. The van der Waals surface area contributed by atoms with E-state index in [4.69, 9.17) is 15.6 Å². The molecule has 0 aromatic heterocycles. The number of morpholine rings is 1. The lowest BCUT2D eigenvalue weighted by Gasteiger charge is -2.33. The van der Waals surface area contributed by atoms with Crippen LogP contribution in [0.3, 0.4) is 0 Å². The molecule has 0 aliphatic carbocycles. The monoisotopic (exact) mass is 292 g/mol. The van der Waals surface area contributed by atoms with E-state index >= 15 is 0 Å². The standard InChI is InChI=1S/C15H20N2O4/c1-10(15(19)20)12-4-2-11(3-5-12)8-17-6-7-21-9-13(17)14(16)18/h2-5,10,13H,6-9H2,1H3,(H2,16,18)(H,19,20). The molecule has 1 aliphatic heterocycles. The number of hydrogen-bond acceptors (Lipinski definition) is 4. The first-order valence-corrected chi connectivity index (χ1v) is 6.92. The van der Waals surface area contributed by atoms with Gasteiger partial charge in [0, 0.05) is 13.1 Å². The SMILES string of the molecule is CC(C(=O)O)c1ccc(CN2CCOCC2C(N)=O)cc1. The van der Waals surface area contributed by atoms with Gasteiger partial charge in [-0.15, -0.1) is 0 Å². The zero-order chi connectivity index (χ0) is 15.4. The van der Waals surface area contributed by atoms with Gasteiger partial charge in [-0.05, 0) is 18.1 Å². The first-order chi connectivity index (χ1) is 9.99. The van der Waals surface area contributed by atoms with Gasteiger partial charge in [-0.2, -0.15) is 0 Å². The zero-order valence-corrected chi connectivity index (χ0v) is 12.0. The smallest absolute Gasteiger partial charge is 0.310 e. The van der Waals surface area contributed by atoms with Crippen LogP contribution in [0.5, 0.6) is 0 Å². The highest BCUT2D eigenvalue weighted by Gasteiger charge is 2.27. The second kappa shape index (κ2) is 6.69. The van der Waals surface area contributed by atoms with E-state index in [2.05, 4.69) is 0 Å². The maximum Gasteiger partial charge on any atom is 0.310 e. The van der Waals surface area contributed by atoms with Crippen molar-refractivity contribution >= 4 is 11.9 Å². The quantitative estimate of drug-likeness (QED) is 0.827. The van der Waals surface area contributed by atoms with Gasteiger partial charge in [-0.25, -0.2) is 0 Å². The van der Waals surface area contributed by atoms with Gasteiger partial charge in [-0.1, -0.05) is 24.3 Å². The minimum absolute atomic E-state index is 0.323. The third kappa shape index (κ3) is 3.80. The first kappa shape index (κ1) is 15.5. The Labute approximate surface area is 123 Å². The van der Waals surface area contributed by atoms with E-state index in [0.717, 1.165) is 11.1 Å². The fourth-order valence-electron chi connectivity index (χ4n) is 2.38. The molecule has 2 atom stereocenters. The summed E-state index contributed by atoms with van der Waals surface area (Å²) in [7, 11) is 0. The number of nitrogens with zero attached hydrogens (tertiary/aromatic N) is 1. The van der Waals surface area contributed by atoms with Crippen LogP contribution in [0.25, 0.3) is 0 Å². The molecule has 1 aromatic carbocycles. The van der Waals surface area contributed by atoms with E-state index < -0.39 is 17.9 Å². The number of amides is 1. The number of aliphatic carboxylic acids is 1. The average molecular weight is 292 g/mol. The number of carbonyl (C=O) groups is 2. The fraction of sp³-hybridized carbons (Fsp3) is 0.467. The van der Waals surface area contributed by atoms with Crippen LogP contribution in [0.1, 0.15) is 24.0 Å². The van der Waals surface area contributed by atoms with Crippen molar-refractivity contribution in [3.8, 4) is 0 Å². The largest absolute Gasteiger partial charge is 0.481 e. The fourth-order valence-corrected chi connectivity index (χ4v) is 2.38. The third-order valence-corrected chi connectivity index (χ3v) is 3.80. The molecule has 1 saturated heterocycles. The molecule has 1 heterocycles. The maximum atomic E-state index is 11.4. The van der Waals surface area contributed by atoms with Gasteiger partial charge < -0.3 is 15.6 Å². The normalized spacial score (nSPS) is 20.9. The molecule has 6 nitrogen and oxygen atoms in total. The highest BCUT2D eigenvalue weighted by molar-refractivity contribution is 5.80. The third-order valence-electron chi connectivity index (χ3n) is 3.80. The van der Waals surface area contributed by atoms with Crippen molar-refractivity contribution in [2.24, 2.45) is 5.73 Å². The number of carboxylic acids is 1. The Morgan fingerprint density at radius 3 is 2.67 bits per heavy atom. The molecule has 0 bridgehead atoms. The summed E-state index contributed by atoms with van der Waals surface area (Å²) < 4.78 is 5.28. The molecule has 21 heavy (non-hydrogen) atoms. The molecule has 0 radical (unpaired) electrons. The number of ether oxygens (including phenoxy) is 1. The summed E-state index contributed by atoms with van der Waals surface area (Å²) in [4.78, 5) is 24.3. The molecular weight excluding hydrogens is 272 g/mol. The second-order valence-corrected chi connectivity index (χ2v) is 5.27. The lowest BCUT2D eigenvalue weighted by atomic mass is 10.00. The van der Waals surface area contributed by atoms with Crippen molar-refractivity contribution in [2.75, 3.05) is 19.8 Å². The minimum Gasteiger partial charge on any atom is -0.481 e. The summed E-state index contributed by atoms with van der Waals surface area (Å²) in [5.41, 5.74) is 7.16. The van der Waals surface area contributed by atoms with E-state index in [-0.39, 0.29) is 5.91 Å². The minimum atomic E-state index is -0.843. The summed E-state index contributed by atoms with van der Waals surface area (Å²) in [5, 5.41) is 8.99. The maximum absolute atomic E-state index is 11.4. The molecule has 114 valence electrons. The number of benzene rings is 1. The second-order valence-electron chi connectivity index (χ2n) is 5.27. The van der Waals surface area contributed by atoms with E-state index in [1.54, 1.807) is 6.92 Å². The summed E-state index contributed by atoms with van der Waals surface area (Å²) in [6.45, 7) is 3.81. The topological polar surface area (TPSA) is 92.9 Å². The van der Waals surface area contributed by atoms with Gasteiger partial charge in [-0.3, -0.25) is 14.5 Å². The summed E-state index contributed by atoms with van der Waals surface area (Å²) >= 11 is 0. The van der Waals surface area contributed by atoms with Gasteiger partial charge in [0.15, 0.2) is 0 Å². The molecular formula is C15H20N2O4. The molecule has 0 spiro atoms. The molecule has 1 aromatic rings. The summed E-state index contributed by atoms with van der Waals surface area (Å²) in [6, 6.07) is 7.00. The van der Waals surface area contributed by atoms with Crippen LogP contribution in [0.2, 0.25) is 0 Å². The number of hydrogen-bond donors (Lipinski definition) is 2. The van der Waals surface area contributed by atoms with E-state index in [0.29, 0.717) is 26.3 Å². The van der Waals surface area contributed by atoms with Crippen LogP contribution in [-0.2, 0) is 20.9 Å². The summed E-state index contributed by atoms with van der Waals surface area (Å²) in [6.07, 6.45) is 0.